The van der Waals surface area contributed by atoms with Gasteiger partial charge in [0.25, 0.3) is 0 Å². The molecule has 0 aliphatic carbocycles. The van der Waals surface area contributed by atoms with Gasteiger partial charge in [-0.2, -0.15) is 20.1 Å². The van der Waals surface area contributed by atoms with Crippen molar-refractivity contribution in [3.05, 3.63) is 58.2 Å². The lowest BCUT2D eigenvalue weighted by molar-refractivity contribution is 0.602. The van der Waals surface area contributed by atoms with Gasteiger partial charge in [0, 0.05) is 10.9 Å². The maximum atomic E-state index is 6.39. The highest BCUT2D eigenvalue weighted by atomic mass is 35.5. The van der Waals surface area contributed by atoms with E-state index in [1.54, 1.807) is 12.3 Å². The van der Waals surface area contributed by atoms with Crippen LogP contribution < -0.4 is 11.1 Å². The molecule has 0 bridgehead atoms. The molecular formula is C19H17Cl2N7. The Morgan fingerprint density at radius 1 is 1.07 bits per heavy atom. The van der Waals surface area contributed by atoms with Crippen LogP contribution in [0.2, 0.25) is 10.0 Å². The largest absolute Gasteiger partial charge is 0.368 e. The van der Waals surface area contributed by atoms with E-state index in [9.17, 15) is 0 Å². The van der Waals surface area contributed by atoms with Crippen LogP contribution in [0.3, 0.4) is 0 Å². The van der Waals surface area contributed by atoms with E-state index < -0.39 is 5.54 Å². The minimum Gasteiger partial charge on any atom is -0.368 e. The number of nitrogens with two attached hydrogens (primary N) is 1. The number of fused-ring (bicyclic) bond motifs is 1. The molecule has 4 rings (SSSR count). The van der Waals surface area contributed by atoms with Gasteiger partial charge in [-0.1, -0.05) is 47.5 Å². The molecule has 0 saturated heterocycles. The van der Waals surface area contributed by atoms with Gasteiger partial charge in [0.2, 0.25) is 11.9 Å². The van der Waals surface area contributed by atoms with Crippen LogP contribution in [0.1, 0.15) is 19.4 Å². The maximum Gasteiger partial charge on any atom is 0.228 e. The van der Waals surface area contributed by atoms with Crippen molar-refractivity contribution in [3.8, 4) is 11.4 Å². The molecule has 0 unspecified atom stereocenters. The highest BCUT2D eigenvalue weighted by molar-refractivity contribution is 6.42. The minimum atomic E-state index is -0.597. The summed E-state index contributed by atoms with van der Waals surface area (Å²) < 4.78 is 0. The fourth-order valence-corrected chi connectivity index (χ4v) is 3.52. The zero-order valence-corrected chi connectivity index (χ0v) is 16.7. The quantitative estimate of drug-likeness (QED) is 0.449. The van der Waals surface area contributed by atoms with Crippen LogP contribution >= 0.6 is 23.2 Å². The average molecular weight is 414 g/mol. The number of aromatic nitrogens is 5. The van der Waals surface area contributed by atoms with Crippen LogP contribution in [0.15, 0.2) is 42.6 Å². The van der Waals surface area contributed by atoms with E-state index in [0.29, 0.717) is 21.8 Å². The lowest BCUT2D eigenvalue weighted by Crippen LogP contribution is -2.29. The van der Waals surface area contributed by atoms with Crippen molar-refractivity contribution in [2.24, 2.45) is 0 Å². The van der Waals surface area contributed by atoms with Crippen LogP contribution in [0.4, 0.5) is 11.9 Å². The number of rotatable bonds is 4. The van der Waals surface area contributed by atoms with Crippen molar-refractivity contribution in [2.75, 3.05) is 11.1 Å². The highest BCUT2D eigenvalue weighted by Crippen LogP contribution is 2.35. The van der Waals surface area contributed by atoms with E-state index in [1.165, 1.54) is 0 Å². The summed E-state index contributed by atoms with van der Waals surface area (Å²) in [6.07, 6.45) is 1.76. The normalized spacial score (nSPS) is 11.7. The predicted molar refractivity (Wildman–Crippen MR) is 112 cm³/mol. The van der Waals surface area contributed by atoms with Crippen molar-refractivity contribution in [1.29, 1.82) is 0 Å². The third kappa shape index (κ3) is 3.46. The molecule has 9 heteroatoms. The van der Waals surface area contributed by atoms with E-state index >= 15 is 0 Å². The molecule has 2 aromatic heterocycles. The molecule has 0 radical (unpaired) electrons. The van der Waals surface area contributed by atoms with Gasteiger partial charge in [0.05, 0.1) is 27.3 Å². The Morgan fingerprint density at radius 3 is 2.71 bits per heavy atom. The van der Waals surface area contributed by atoms with Gasteiger partial charge in [0.15, 0.2) is 5.82 Å². The molecular weight excluding hydrogens is 397 g/mol. The molecule has 0 aliphatic heterocycles. The zero-order chi connectivity index (χ0) is 19.9. The third-order valence-corrected chi connectivity index (χ3v) is 5.22. The third-order valence-electron chi connectivity index (χ3n) is 4.40. The zero-order valence-electron chi connectivity index (χ0n) is 15.2. The van der Waals surface area contributed by atoms with Crippen molar-refractivity contribution in [3.63, 3.8) is 0 Å². The van der Waals surface area contributed by atoms with Gasteiger partial charge >= 0.3 is 0 Å². The Morgan fingerprint density at radius 2 is 1.89 bits per heavy atom. The average Bonchev–Trinajstić information content (AvgIpc) is 3.10. The van der Waals surface area contributed by atoms with Crippen molar-refractivity contribution in [1.82, 2.24) is 25.1 Å². The molecule has 0 atom stereocenters. The molecule has 0 fully saturated rings. The second-order valence-corrected chi connectivity index (χ2v) is 7.65. The monoisotopic (exact) mass is 413 g/mol. The number of anilines is 2. The van der Waals surface area contributed by atoms with Crippen molar-refractivity contribution < 1.29 is 0 Å². The second kappa shape index (κ2) is 6.92. The number of nitrogen functional groups attached to an aromatic ring is 1. The first kappa shape index (κ1) is 18.5. The van der Waals surface area contributed by atoms with Gasteiger partial charge in [-0.05, 0) is 31.5 Å². The summed E-state index contributed by atoms with van der Waals surface area (Å²) in [6, 6.07) is 11.3. The topological polar surface area (TPSA) is 105 Å². The molecule has 0 saturated carbocycles. The molecule has 0 amide bonds. The van der Waals surface area contributed by atoms with E-state index in [1.807, 2.05) is 44.2 Å². The van der Waals surface area contributed by atoms with Gasteiger partial charge < -0.3 is 11.1 Å². The molecule has 28 heavy (non-hydrogen) atoms. The number of nitrogens with zero attached hydrogens (tertiary/aromatic N) is 4. The Bertz CT molecular complexity index is 1170. The standard InChI is InChI=1S/C19H17Cl2N7/c1-19(2,12-4-3-5-13(20)15(12)21)27-18-25-16(24-17(22)26-18)10-6-7-11-9-23-28-14(11)8-10/h3-9H,1-2H3,(H,23,28)(H3,22,24,25,26,27). The highest BCUT2D eigenvalue weighted by Gasteiger charge is 2.25. The van der Waals surface area contributed by atoms with E-state index in [0.717, 1.165) is 22.0 Å². The number of hydrogen-bond donors (Lipinski definition) is 3. The first-order chi connectivity index (χ1) is 13.3. The van der Waals surface area contributed by atoms with E-state index in [2.05, 4.69) is 30.5 Å². The second-order valence-electron chi connectivity index (χ2n) is 6.86. The minimum absolute atomic E-state index is 0.116. The molecule has 0 aliphatic rings. The van der Waals surface area contributed by atoms with Crippen LogP contribution in [0.5, 0.6) is 0 Å². The van der Waals surface area contributed by atoms with E-state index in [4.69, 9.17) is 28.9 Å². The lowest BCUT2D eigenvalue weighted by Gasteiger charge is -2.28. The molecule has 2 heterocycles. The summed E-state index contributed by atoms with van der Waals surface area (Å²) >= 11 is 12.6. The predicted octanol–water partition coefficient (Wildman–Crippen LogP) is 4.65. The molecule has 142 valence electrons. The van der Waals surface area contributed by atoms with Gasteiger partial charge in [-0.3, -0.25) is 5.10 Å². The lowest BCUT2D eigenvalue weighted by atomic mass is 9.94. The Balaban J connectivity index is 1.71. The fraction of sp³-hybridized carbons (Fsp3) is 0.158. The molecule has 2 aromatic carbocycles. The first-order valence-corrected chi connectivity index (χ1v) is 9.27. The number of halogens is 2. The van der Waals surface area contributed by atoms with Gasteiger partial charge in [0.1, 0.15) is 0 Å². The van der Waals surface area contributed by atoms with Gasteiger partial charge in [-0.25, -0.2) is 0 Å². The summed E-state index contributed by atoms with van der Waals surface area (Å²) in [4.78, 5) is 13.0. The Labute approximate surface area is 171 Å². The van der Waals surface area contributed by atoms with Crippen LogP contribution in [0, 0.1) is 0 Å². The van der Waals surface area contributed by atoms with Gasteiger partial charge in [-0.15, -0.1) is 0 Å². The Kier molecular flexibility index (Phi) is 4.56. The van der Waals surface area contributed by atoms with Crippen LogP contribution in [-0.2, 0) is 5.54 Å². The summed E-state index contributed by atoms with van der Waals surface area (Å²) in [6.45, 7) is 3.92. The molecule has 4 N–H and O–H groups in total. The smallest absolute Gasteiger partial charge is 0.228 e. The van der Waals surface area contributed by atoms with Crippen molar-refractivity contribution >= 4 is 46.0 Å². The fourth-order valence-electron chi connectivity index (χ4n) is 2.99. The Hall–Kier alpha value is -2.90. The van der Waals surface area contributed by atoms with Crippen molar-refractivity contribution in [2.45, 2.75) is 19.4 Å². The summed E-state index contributed by atoms with van der Waals surface area (Å²) in [5.74, 6) is 0.915. The molecule has 7 nitrogen and oxygen atoms in total. The number of aromatic amines is 1. The number of H-pyrrole nitrogens is 1. The first-order valence-electron chi connectivity index (χ1n) is 8.51. The number of hydrogen-bond acceptors (Lipinski definition) is 6. The van der Waals surface area contributed by atoms with Crippen LogP contribution in [-0.4, -0.2) is 25.1 Å². The maximum absolute atomic E-state index is 6.39. The number of benzene rings is 2. The van der Waals surface area contributed by atoms with E-state index in [-0.39, 0.29) is 5.95 Å². The summed E-state index contributed by atoms with van der Waals surface area (Å²) in [7, 11) is 0. The summed E-state index contributed by atoms with van der Waals surface area (Å²) in [5.41, 5.74) is 7.84. The number of nitrogens with one attached hydrogen (secondary N) is 2. The molecule has 0 spiro atoms. The van der Waals surface area contributed by atoms with Crippen LogP contribution in [0.25, 0.3) is 22.3 Å². The molecule has 4 aromatic rings. The SMILES string of the molecule is CC(C)(Nc1nc(N)nc(-c2ccc3cn[nH]c3c2)n1)c1cccc(Cl)c1Cl. The summed E-state index contributed by atoms with van der Waals surface area (Å²) in [5, 5.41) is 12.2.